The summed E-state index contributed by atoms with van der Waals surface area (Å²) < 4.78 is 0. The summed E-state index contributed by atoms with van der Waals surface area (Å²) in [6.07, 6.45) is 23.6. The summed E-state index contributed by atoms with van der Waals surface area (Å²) in [6, 6.07) is -0.789. The predicted molar refractivity (Wildman–Crippen MR) is 122 cm³/mol. The van der Waals surface area contributed by atoms with Crippen molar-refractivity contribution in [1.29, 1.82) is 0 Å². The van der Waals surface area contributed by atoms with Gasteiger partial charge in [-0.2, -0.15) is 0 Å². The summed E-state index contributed by atoms with van der Waals surface area (Å²) in [5.41, 5.74) is 5.44. The smallest absolute Gasteiger partial charge is 0.320 e. The first-order valence-electron chi connectivity index (χ1n) is 12.0. The molecule has 0 aromatic carbocycles. The largest absolute Gasteiger partial charge is 0.480 e. The molecule has 0 aliphatic rings. The highest BCUT2D eigenvalue weighted by molar-refractivity contribution is 5.75. The van der Waals surface area contributed by atoms with Crippen molar-refractivity contribution in [2.24, 2.45) is 5.73 Å². The number of hydrogen-bond donors (Lipinski definition) is 3. The number of nitrogens with one attached hydrogen (secondary N) is 1. The number of carboxylic acid groups (broad SMARTS) is 1. The molecule has 0 spiro atoms. The molecule has 0 saturated heterocycles. The number of carbonyl (C=O) groups is 2. The lowest BCUT2D eigenvalue weighted by atomic mass is 10.1. The number of carboxylic acids is 1. The minimum atomic E-state index is -0.959. The van der Waals surface area contributed by atoms with Crippen molar-refractivity contribution in [2.75, 3.05) is 6.54 Å². The lowest BCUT2D eigenvalue weighted by molar-refractivity contribution is -0.138. The van der Waals surface area contributed by atoms with Crippen LogP contribution in [0.4, 0.5) is 0 Å². The number of carbonyl (C=O) groups excluding carboxylic acids is 1. The highest BCUT2D eigenvalue weighted by atomic mass is 16.4. The first-order valence-corrected chi connectivity index (χ1v) is 12.0. The van der Waals surface area contributed by atoms with Crippen LogP contribution in [0.25, 0.3) is 0 Å². The van der Waals surface area contributed by atoms with Crippen LogP contribution < -0.4 is 11.1 Å². The third kappa shape index (κ3) is 21.2. The zero-order valence-corrected chi connectivity index (χ0v) is 18.8. The topological polar surface area (TPSA) is 92.4 Å². The van der Waals surface area contributed by atoms with E-state index in [1.165, 1.54) is 70.6 Å². The van der Waals surface area contributed by atoms with Crippen LogP contribution in [0, 0.1) is 0 Å². The molecule has 5 heteroatoms. The van der Waals surface area contributed by atoms with Gasteiger partial charge in [0, 0.05) is 13.0 Å². The Balaban J connectivity index is 3.26. The van der Waals surface area contributed by atoms with Gasteiger partial charge in [-0.3, -0.25) is 9.59 Å². The van der Waals surface area contributed by atoms with Crippen molar-refractivity contribution < 1.29 is 14.7 Å². The summed E-state index contributed by atoms with van der Waals surface area (Å²) in [5.74, 6) is -0.854. The van der Waals surface area contributed by atoms with E-state index in [-0.39, 0.29) is 5.91 Å². The van der Waals surface area contributed by atoms with E-state index in [2.05, 4.69) is 24.4 Å². The van der Waals surface area contributed by atoms with Crippen LogP contribution >= 0.6 is 0 Å². The molecular formula is C24H46N2O3. The summed E-state index contributed by atoms with van der Waals surface area (Å²) in [5, 5.41) is 11.6. The summed E-state index contributed by atoms with van der Waals surface area (Å²) in [6.45, 7) is 2.86. The van der Waals surface area contributed by atoms with Gasteiger partial charge in [0.1, 0.15) is 6.04 Å². The number of unbranched alkanes of at least 4 members (excludes halogenated alkanes) is 12. The second-order valence-electron chi connectivity index (χ2n) is 8.12. The van der Waals surface area contributed by atoms with Crippen LogP contribution in [0.15, 0.2) is 12.2 Å². The molecule has 0 aliphatic heterocycles. The Hall–Kier alpha value is -1.36. The van der Waals surface area contributed by atoms with E-state index in [1.807, 2.05) is 0 Å². The van der Waals surface area contributed by atoms with E-state index in [0.717, 1.165) is 25.7 Å². The molecule has 29 heavy (non-hydrogen) atoms. The quantitative estimate of drug-likeness (QED) is 0.167. The molecule has 5 nitrogen and oxygen atoms in total. The van der Waals surface area contributed by atoms with Crippen LogP contribution in [0.3, 0.4) is 0 Å². The lowest BCUT2D eigenvalue weighted by Gasteiger charge is -2.07. The molecule has 0 radical (unpaired) electrons. The summed E-state index contributed by atoms with van der Waals surface area (Å²) in [4.78, 5) is 22.3. The van der Waals surface area contributed by atoms with E-state index < -0.39 is 12.0 Å². The van der Waals surface area contributed by atoms with Gasteiger partial charge in [-0.05, 0) is 51.4 Å². The van der Waals surface area contributed by atoms with Crippen LogP contribution in [-0.2, 0) is 9.59 Å². The molecule has 0 aromatic rings. The Bertz CT molecular complexity index is 424. The fourth-order valence-electron chi connectivity index (χ4n) is 3.29. The standard InChI is InChI=1S/C24H46N2O3/c1-2-3-4-5-6-7-8-9-10-11-12-13-14-15-16-20-23(27)26-21-18-17-19-22(25)24(28)29/h7-8,22H,2-6,9-21,25H2,1H3,(H,26,27)(H,28,29)/b8-7+/t22-/m0/s1. The SMILES string of the molecule is CCCCCC/C=C/CCCCCCCCCC(=O)NCCCC[C@H](N)C(=O)O. The minimum Gasteiger partial charge on any atom is -0.480 e. The van der Waals surface area contributed by atoms with Gasteiger partial charge in [-0.1, -0.05) is 70.4 Å². The Kier molecular flexibility index (Phi) is 20.3. The van der Waals surface area contributed by atoms with Gasteiger partial charge in [0.15, 0.2) is 0 Å². The van der Waals surface area contributed by atoms with Crippen molar-refractivity contribution in [1.82, 2.24) is 5.32 Å². The van der Waals surface area contributed by atoms with Crippen LogP contribution in [0.2, 0.25) is 0 Å². The summed E-state index contributed by atoms with van der Waals surface area (Å²) >= 11 is 0. The molecule has 1 amide bonds. The lowest BCUT2D eigenvalue weighted by Crippen LogP contribution is -2.30. The third-order valence-electron chi connectivity index (χ3n) is 5.25. The molecule has 0 heterocycles. The first kappa shape index (κ1) is 27.6. The van der Waals surface area contributed by atoms with Crippen molar-refractivity contribution in [3.63, 3.8) is 0 Å². The zero-order chi connectivity index (χ0) is 21.6. The molecule has 0 aromatic heterocycles. The molecular weight excluding hydrogens is 364 g/mol. The Morgan fingerprint density at radius 3 is 1.97 bits per heavy atom. The maximum absolute atomic E-state index is 11.7. The number of nitrogens with two attached hydrogens (primary N) is 1. The van der Waals surface area contributed by atoms with Crippen molar-refractivity contribution in [3.05, 3.63) is 12.2 Å². The van der Waals surface area contributed by atoms with Gasteiger partial charge in [0.2, 0.25) is 5.91 Å². The van der Waals surface area contributed by atoms with Gasteiger partial charge in [0.05, 0.1) is 0 Å². The van der Waals surface area contributed by atoms with Gasteiger partial charge in [-0.15, -0.1) is 0 Å². The van der Waals surface area contributed by atoms with E-state index in [0.29, 0.717) is 19.4 Å². The Labute approximate surface area is 178 Å². The number of allylic oxidation sites excluding steroid dienone is 2. The third-order valence-corrected chi connectivity index (χ3v) is 5.25. The molecule has 0 bridgehead atoms. The van der Waals surface area contributed by atoms with E-state index >= 15 is 0 Å². The number of amides is 1. The molecule has 170 valence electrons. The highest BCUT2D eigenvalue weighted by Gasteiger charge is 2.10. The highest BCUT2D eigenvalue weighted by Crippen LogP contribution is 2.10. The maximum Gasteiger partial charge on any atom is 0.320 e. The number of hydrogen-bond acceptors (Lipinski definition) is 3. The molecule has 0 rings (SSSR count). The van der Waals surface area contributed by atoms with Gasteiger partial charge >= 0.3 is 5.97 Å². The van der Waals surface area contributed by atoms with Crippen LogP contribution in [0.5, 0.6) is 0 Å². The van der Waals surface area contributed by atoms with E-state index in [4.69, 9.17) is 10.8 Å². The maximum atomic E-state index is 11.7. The van der Waals surface area contributed by atoms with Gasteiger partial charge < -0.3 is 16.2 Å². The Morgan fingerprint density at radius 2 is 1.38 bits per heavy atom. The second kappa shape index (κ2) is 21.4. The molecule has 0 unspecified atom stereocenters. The summed E-state index contributed by atoms with van der Waals surface area (Å²) in [7, 11) is 0. The van der Waals surface area contributed by atoms with Crippen LogP contribution in [-0.4, -0.2) is 29.6 Å². The van der Waals surface area contributed by atoms with Gasteiger partial charge in [0.25, 0.3) is 0 Å². The monoisotopic (exact) mass is 410 g/mol. The fraction of sp³-hybridized carbons (Fsp3) is 0.833. The molecule has 1 atom stereocenters. The van der Waals surface area contributed by atoms with E-state index in [9.17, 15) is 9.59 Å². The number of rotatable bonds is 21. The van der Waals surface area contributed by atoms with Crippen molar-refractivity contribution >= 4 is 11.9 Å². The van der Waals surface area contributed by atoms with Crippen molar-refractivity contribution in [2.45, 2.75) is 122 Å². The molecule has 0 fully saturated rings. The average Bonchev–Trinajstić information content (AvgIpc) is 2.70. The van der Waals surface area contributed by atoms with Crippen LogP contribution in [0.1, 0.15) is 116 Å². The fourth-order valence-corrected chi connectivity index (χ4v) is 3.29. The molecule has 0 aliphatic carbocycles. The predicted octanol–water partition coefficient (Wildman–Crippen LogP) is 5.72. The molecule has 0 saturated carbocycles. The normalized spacial score (nSPS) is 12.3. The van der Waals surface area contributed by atoms with E-state index in [1.54, 1.807) is 0 Å². The number of aliphatic carboxylic acids is 1. The Morgan fingerprint density at radius 1 is 0.828 bits per heavy atom. The first-order chi connectivity index (χ1) is 14.1. The van der Waals surface area contributed by atoms with Gasteiger partial charge in [-0.25, -0.2) is 0 Å². The van der Waals surface area contributed by atoms with Crippen molar-refractivity contribution in [3.8, 4) is 0 Å². The minimum absolute atomic E-state index is 0.106. The second-order valence-corrected chi connectivity index (χ2v) is 8.12. The molecule has 4 N–H and O–H groups in total. The zero-order valence-electron chi connectivity index (χ0n) is 18.8. The average molecular weight is 411 g/mol.